The molecule has 3 fully saturated rings. The van der Waals surface area contributed by atoms with Crippen molar-refractivity contribution in [2.45, 2.75) is 74.1 Å². The highest BCUT2D eigenvalue weighted by molar-refractivity contribution is 5.77. The van der Waals surface area contributed by atoms with Gasteiger partial charge in [-0.1, -0.05) is 0 Å². The summed E-state index contributed by atoms with van der Waals surface area (Å²) >= 11 is 0. The van der Waals surface area contributed by atoms with Gasteiger partial charge >= 0.3 is 5.97 Å². The van der Waals surface area contributed by atoms with Gasteiger partial charge in [0.05, 0.1) is 20.3 Å². The Morgan fingerprint density at radius 1 is 0.931 bits per heavy atom. The Bertz CT molecular complexity index is 587. The molecule has 0 aromatic rings. The maximum atomic E-state index is 11.9. The first-order chi connectivity index (χ1) is 13.7. The third-order valence-corrected chi connectivity index (χ3v) is 5.19. The first-order valence-electron chi connectivity index (χ1n) is 9.01. The molecule has 3 aliphatic rings. The molecule has 0 aromatic heterocycles. The Balaban J connectivity index is 1.76. The molecule has 0 amide bonds. The SMILES string of the molecule is COC(=O)C1(C)OC2C(O)[C@H](O[C@@H]3OC(CO)[C@H](O)[C@H](O)C3O)[C@@H](CO)O[C@@H]2O1. The lowest BCUT2D eigenvalue weighted by molar-refractivity contribution is -0.345. The van der Waals surface area contributed by atoms with Crippen LogP contribution >= 0.6 is 0 Å². The fraction of sp³-hybridized carbons (Fsp3) is 0.938. The number of hydrogen-bond donors (Lipinski definition) is 6. The van der Waals surface area contributed by atoms with Gasteiger partial charge in [0.1, 0.15) is 48.8 Å². The molecule has 13 heteroatoms. The molecule has 0 aliphatic carbocycles. The molecule has 3 heterocycles. The summed E-state index contributed by atoms with van der Waals surface area (Å²) in [6.07, 6.45) is -14.3. The number of hydrogen-bond acceptors (Lipinski definition) is 13. The molecule has 0 saturated carbocycles. The first-order valence-corrected chi connectivity index (χ1v) is 9.01. The Kier molecular flexibility index (Phi) is 6.77. The molecule has 13 nitrogen and oxygen atoms in total. The van der Waals surface area contributed by atoms with E-state index in [4.69, 9.17) is 23.7 Å². The van der Waals surface area contributed by atoms with E-state index in [1.165, 1.54) is 6.92 Å². The van der Waals surface area contributed by atoms with Gasteiger partial charge in [-0.3, -0.25) is 0 Å². The summed E-state index contributed by atoms with van der Waals surface area (Å²) in [6.45, 7) is -0.0353. The number of ether oxygens (including phenoxy) is 6. The van der Waals surface area contributed by atoms with Crippen molar-refractivity contribution < 1.29 is 63.9 Å². The summed E-state index contributed by atoms with van der Waals surface area (Å²) in [5.74, 6) is -2.72. The Morgan fingerprint density at radius 3 is 2.17 bits per heavy atom. The average molecular weight is 426 g/mol. The Labute approximate surface area is 165 Å². The van der Waals surface area contributed by atoms with Crippen LogP contribution in [0.3, 0.4) is 0 Å². The van der Waals surface area contributed by atoms with Crippen molar-refractivity contribution >= 4 is 5.97 Å². The molecule has 29 heavy (non-hydrogen) atoms. The average Bonchev–Trinajstić information content (AvgIpc) is 3.07. The van der Waals surface area contributed by atoms with Crippen LogP contribution in [-0.4, -0.2) is 124 Å². The van der Waals surface area contributed by atoms with Crippen LogP contribution in [0.2, 0.25) is 0 Å². The van der Waals surface area contributed by atoms with Gasteiger partial charge in [0.2, 0.25) is 0 Å². The number of fused-ring (bicyclic) bond motifs is 1. The third-order valence-electron chi connectivity index (χ3n) is 5.19. The standard InChI is InChI=1S/C16H26O13/c1-16(15(23)24-2)28-12-10(22)11(6(4-18)26-14(12)29-16)27-13-9(21)8(20)7(19)5(3-17)25-13/h5-14,17-22H,3-4H2,1-2H3/t5?,6-,7+,8+,9?,10?,11-,12?,13+,14-,16?/m1/s1. The van der Waals surface area contributed by atoms with E-state index >= 15 is 0 Å². The van der Waals surface area contributed by atoms with Crippen LogP contribution in [0.15, 0.2) is 0 Å². The molecule has 3 aliphatic heterocycles. The number of rotatable bonds is 5. The van der Waals surface area contributed by atoms with Crippen LogP contribution in [0, 0.1) is 0 Å². The van der Waals surface area contributed by atoms with Gasteiger partial charge < -0.3 is 59.1 Å². The smallest absolute Gasteiger partial charge is 0.366 e. The van der Waals surface area contributed by atoms with Crippen LogP contribution in [0.4, 0.5) is 0 Å². The quantitative estimate of drug-likeness (QED) is 0.231. The fourth-order valence-corrected chi connectivity index (χ4v) is 3.56. The molecule has 11 atom stereocenters. The van der Waals surface area contributed by atoms with Crippen molar-refractivity contribution in [3.05, 3.63) is 0 Å². The molecule has 0 aromatic carbocycles. The minimum absolute atomic E-state index is 0.638. The molecular formula is C16H26O13. The highest BCUT2D eigenvalue weighted by Crippen LogP contribution is 2.39. The zero-order valence-electron chi connectivity index (χ0n) is 15.7. The third kappa shape index (κ3) is 4.00. The summed E-state index contributed by atoms with van der Waals surface area (Å²) in [6, 6.07) is 0. The van der Waals surface area contributed by atoms with Gasteiger partial charge in [-0.05, 0) is 0 Å². The van der Waals surface area contributed by atoms with Gasteiger partial charge in [0, 0.05) is 6.92 Å². The van der Waals surface area contributed by atoms with Gasteiger partial charge in [-0.25, -0.2) is 4.79 Å². The zero-order chi connectivity index (χ0) is 21.5. The lowest BCUT2D eigenvalue weighted by atomic mass is 9.97. The number of carbonyl (C=O) groups excluding carboxylic acids is 1. The number of aliphatic hydroxyl groups is 6. The van der Waals surface area contributed by atoms with E-state index in [-0.39, 0.29) is 0 Å². The fourth-order valence-electron chi connectivity index (χ4n) is 3.56. The molecule has 3 rings (SSSR count). The van der Waals surface area contributed by atoms with Crippen molar-refractivity contribution in [2.24, 2.45) is 0 Å². The second-order valence-electron chi connectivity index (χ2n) is 7.15. The minimum atomic E-state index is -1.86. The van der Waals surface area contributed by atoms with Gasteiger partial charge in [-0.2, -0.15) is 0 Å². The second-order valence-corrected chi connectivity index (χ2v) is 7.15. The molecule has 0 bridgehead atoms. The largest absolute Gasteiger partial charge is 0.465 e. The van der Waals surface area contributed by atoms with E-state index in [1.807, 2.05) is 0 Å². The van der Waals surface area contributed by atoms with Crippen molar-refractivity contribution in [3.8, 4) is 0 Å². The second kappa shape index (κ2) is 8.64. The summed E-state index contributed by atoms with van der Waals surface area (Å²) in [5.41, 5.74) is 0. The van der Waals surface area contributed by atoms with E-state index in [0.29, 0.717) is 0 Å². The number of methoxy groups -OCH3 is 1. The molecule has 5 unspecified atom stereocenters. The predicted octanol–water partition coefficient (Wildman–Crippen LogP) is -4.45. The molecule has 0 radical (unpaired) electrons. The number of aliphatic hydroxyl groups excluding tert-OH is 6. The highest BCUT2D eigenvalue weighted by Gasteiger charge is 2.60. The molecule has 168 valence electrons. The topological polar surface area (TPSA) is 194 Å². The maximum Gasteiger partial charge on any atom is 0.366 e. The molecule has 0 spiro atoms. The van der Waals surface area contributed by atoms with E-state index in [0.717, 1.165) is 7.11 Å². The zero-order valence-corrected chi connectivity index (χ0v) is 15.7. The van der Waals surface area contributed by atoms with Gasteiger partial charge in [0.15, 0.2) is 12.6 Å². The van der Waals surface area contributed by atoms with Crippen molar-refractivity contribution in [3.63, 3.8) is 0 Å². The first kappa shape index (κ1) is 22.7. The summed E-state index contributed by atoms with van der Waals surface area (Å²) in [4.78, 5) is 11.9. The van der Waals surface area contributed by atoms with Crippen LogP contribution in [0.1, 0.15) is 6.92 Å². The number of esters is 1. The molecule has 6 N–H and O–H groups in total. The molecule has 3 saturated heterocycles. The summed E-state index contributed by atoms with van der Waals surface area (Å²) < 4.78 is 31.8. The van der Waals surface area contributed by atoms with Crippen LogP contribution in [0.25, 0.3) is 0 Å². The van der Waals surface area contributed by atoms with Gasteiger partial charge in [-0.15, -0.1) is 0 Å². The maximum absolute atomic E-state index is 11.9. The highest BCUT2D eigenvalue weighted by atomic mass is 16.9. The van der Waals surface area contributed by atoms with Crippen molar-refractivity contribution in [1.29, 1.82) is 0 Å². The predicted molar refractivity (Wildman–Crippen MR) is 86.8 cm³/mol. The summed E-state index contributed by atoms with van der Waals surface area (Å²) in [5, 5.41) is 59.5. The van der Waals surface area contributed by atoms with Crippen LogP contribution in [-0.2, 0) is 33.2 Å². The molecular weight excluding hydrogens is 400 g/mol. The monoisotopic (exact) mass is 426 g/mol. The Hall–Kier alpha value is -0.970. The number of carbonyl (C=O) groups is 1. The van der Waals surface area contributed by atoms with E-state index < -0.39 is 86.4 Å². The lowest BCUT2D eigenvalue weighted by Crippen LogP contribution is -2.64. The van der Waals surface area contributed by atoms with Crippen LogP contribution in [0.5, 0.6) is 0 Å². The normalized spacial score (nSPS) is 50.2. The lowest BCUT2D eigenvalue weighted by Gasteiger charge is -2.45. The van der Waals surface area contributed by atoms with Gasteiger partial charge in [0.25, 0.3) is 5.79 Å². The van der Waals surface area contributed by atoms with E-state index in [2.05, 4.69) is 4.74 Å². The van der Waals surface area contributed by atoms with Crippen molar-refractivity contribution in [2.75, 3.05) is 20.3 Å². The minimum Gasteiger partial charge on any atom is -0.465 e. The summed E-state index contributed by atoms with van der Waals surface area (Å²) in [7, 11) is 1.13. The van der Waals surface area contributed by atoms with E-state index in [9.17, 15) is 35.4 Å². The Morgan fingerprint density at radius 2 is 1.59 bits per heavy atom. The van der Waals surface area contributed by atoms with Crippen molar-refractivity contribution in [1.82, 2.24) is 0 Å². The van der Waals surface area contributed by atoms with Crippen LogP contribution < -0.4 is 0 Å². The van der Waals surface area contributed by atoms with E-state index in [1.54, 1.807) is 0 Å².